The Morgan fingerprint density at radius 3 is 2.35 bits per heavy atom. The molecule has 0 bridgehead atoms. The number of para-hydroxylation sites is 1. The second-order valence-corrected chi connectivity index (χ2v) is 4.40. The summed E-state index contributed by atoms with van der Waals surface area (Å²) >= 11 is 0. The molecule has 0 heterocycles. The van der Waals surface area contributed by atoms with E-state index in [9.17, 15) is 25.2 Å². The van der Waals surface area contributed by atoms with Crippen molar-refractivity contribution in [3.05, 3.63) is 29.8 Å². The van der Waals surface area contributed by atoms with Gasteiger partial charge in [-0.25, -0.2) is 0 Å². The normalized spacial score (nSPS) is 17.2. The van der Waals surface area contributed by atoms with Crippen molar-refractivity contribution in [3.8, 4) is 5.75 Å². The Kier molecular flexibility index (Phi) is 6.56. The van der Waals surface area contributed by atoms with E-state index in [1.165, 1.54) is 6.07 Å². The van der Waals surface area contributed by atoms with Crippen molar-refractivity contribution in [2.24, 2.45) is 0 Å². The molecule has 0 saturated heterocycles. The van der Waals surface area contributed by atoms with Gasteiger partial charge in [-0.05, 0) is 6.07 Å². The van der Waals surface area contributed by atoms with E-state index in [0.29, 0.717) is 11.8 Å². The first-order chi connectivity index (χ1) is 9.51. The Bertz CT molecular complexity index is 427. The Labute approximate surface area is 116 Å². The van der Waals surface area contributed by atoms with Crippen LogP contribution in [0.5, 0.6) is 5.75 Å². The SMILES string of the molecule is O=CC(NCc1ccccc1O)C(O)C(O)C(O)CO. The van der Waals surface area contributed by atoms with Crippen LogP contribution in [0, 0.1) is 0 Å². The third-order valence-corrected chi connectivity index (χ3v) is 2.97. The Balaban J connectivity index is 2.63. The van der Waals surface area contributed by atoms with Crippen molar-refractivity contribution in [1.29, 1.82) is 0 Å². The molecule has 1 rings (SSSR count). The van der Waals surface area contributed by atoms with Crippen molar-refractivity contribution in [2.45, 2.75) is 30.9 Å². The van der Waals surface area contributed by atoms with E-state index in [0.717, 1.165) is 0 Å². The molecule has 0 aromatic heterocycles. The van der Waals surface area contributed by atoms with E-state index < -0.39 is 31.0 Å². The summed E-state index contributed by atoms with van der Waals surface area (Å²) < 4.78 is 0. The molecule has 0 aliphatic heterocycles. The number of aldehydes is 1. The van der Waals surface area contributed by atoms with Crippen LogP contribution in [0.1, 0.15) is 5.56 Å². The molecule has 1 aromatic carbocycles. The van der Waals surface area contributed by atoms with Crippen molar-refractivity contribution in [2.75, 3.05) is 6.61 Å². The number of rotatable bonds is 8. The van der Waals surface area contributed by atoms with Gasteiger partial charge < -0.3 is 35.6 Å². The highest BCUT2D eigenvalue weighted by molar-refractivity contribution is 5.59. The number of carbonyl (C=O) groups excluding carboxylic acids is 1. The molecule has 0 aliphatic carbocycles. The van der Waals surface area contributed by atoms with Crippen LogP contribution in [-0.2, 0) is 11.3 Å². The van der Waals surface area contributed by atoms with Crippen molar-refractivity contribution in [3.63, 3.8) is 0 Å². The Morgan fingerprint density at radius 1 is 1.15 bits per heavy atom. The number of hydrogen-bond acceptors (Lipinski definition) is 7. The van der Waals surface area contributed by atoms with Gasteiger partial charge in [-0.3, -0.25) is 0 Å². The predicted molar refractivity (Wildman–Crippen MR) is 69.9 cm³/mol. The molecular weight excluding hydrogens is 266 g/mol. The smallest absolute Gasteiger partial charge is 0.139 e. The third kappa shape index (κ3) is 4.26. The largest absolute Gasteiger partial charge is 0.508 e. The fraction of sp³-hybridized carbons (Fsp3) is 0.462. The van der Waals surface area contributed by atoms with E-state index in [2.05, 4.69) is 5.32 Å². The Morgan fingerprint density at radius 2 is 1.80 bits per heavy atom. The minimum atomic E-state index is -1.66. The van der Waals surface area contributed by atoms with Crippen LogP contribution in [0.15, 0.2) is 24.3 Å². The molecule has 0 fully saturated rings. The van der Waals surface area contributed by atoms with Crippen LogP contribution in [0.25, 0.3) is 0 Å². The highest BCUT2D eigenvalue weighted by Crippen LogP contribution is 2.15. The number of aliphatic hydroxyl groups is 4. The van der Waals surface area contributed by atoms with Crippen LogP contribution < -0.4 is 5.32 Å². The minimum absolute atomic E-state index is 0.0371. The molecule has 6 N–H and O–H groups in total. The molecule has 20 heavy (non-hydrogen) atoms. The number of aliphatic hydroxyl groups excluding tert-OH is 4. The maximum absolute atomic E-state index is 10.9. The molecule has 0 aliphatic rings. The molecule has 4 unspecified atom stereocenters. The van der Waals surface area contributed by atoms with Gasteiger partial charge in [0.25, 0.3) is 0 Å². The lowest BCUT2D eigenvalue weighted by molar-refractivity contribution is -0.120. The number of benzene rings is 1. The first kappa shape index (κ1) is 16.5. The lowest BCUT2D eigenvalue weighted by Gasteiger charge is -2.26. The molecule has 4 atom stereocenters. The molecule has 0 amide bonds. The molecule has 7 heteroatoms. The van der Waals surface area contributed by atoms with Gasteiger partial charge in [0, 0.05) is 12.1 Å². The lowest BCUT2D eigenvalue weighted by atomic mass is 10.0. The number of nitrogens with one attached hydrogen (secondary N) is 1. The lowest BCUT2D eigenvalue weighted by Crippen LogP contribution is -2.51. The van der Waals surface area contributed by atoms with E-state index in [1.54, 1.807) is 18.2 Å². The van der Waals surface area contributed by atoms with Crippen LogP contribution in [0.2, 0.25) is 0 Å². The second-order valence-electron chi connectivity index (χ2n) is 4.40. The Hall–Kier alpha value is -1.51. The van der Waals surface area contributed by atoms with Gasteiger partial charge in [0.2, 0.25) is 0 Å². The molecule has 112 valence electrons. The summed E-state index contributed by atoms with van der Waals surface area (Å²) in [5.41, 5.74) is 0.517. The summed E-state index contributed by atoms with van der Waals surface area (Å²) in [7, 11) is 0. The summed E-state index contributed by atoms with van der Waals surface area (Å²) in [5.74, 6) is 0.0371. The average molecular weight is 285 g/mol. The van der Waals surface area contributed by atoms with Gasteiger partial charge in [0.1, 0.15) is 30.3 Å². The second kappa shape index (κ2) is 7.93. The zero-order valence-corrected chi connectivity index (χ0v) is 10.8. The van der Waals surface area contributed by atoms with E-state index >= 15 is 0 Å². The van der Waals surface area contributed by atoms with Gasteiger partial charge in [0.05, 0.1) is 12.6 Å². The fourth-order valence-electron chi connectivity index (χ4n) is 1.69. The van der Waals surface area contributed by atoms with E-state index in [-0.39, 0.29) is 12.3 Å². The summed E-state index contributed by atoms with van der Waals surface area (Å²) in [6.45, 7) is -0.641. The van der Waals surface area contributed by atoms with Gasteiger partial charge >= 0.3 is 0 Å². The molecule has 1 aromatic rings. The van der Waals surface area contributed by atoms with E-state index in [1.807, 2.05) is 0 Å². The van der Waals surface area contributed by atoms with Crippen LogP contribution >= 0.6 is 0 Å². The van der Waals surface area contributed by atoms with Gasteiger partial charge in [-0.2, -0.15) is 0 Å². The highest BCUT2D eigenvalue weighted by Gasteiger charge is 2.30. The van der Waals surface area contributed by atoms with Crippen molar-refractivity contribution < 1.29 is 30.3 Å². The number of carbonyl (C=O) groups is 1. The van der Waals surface area contributed by atoms with Crippen LogP contribution in [0.4, 0.5) is 0 Å². The molecule has 0 saturated carbocycles. The summed E-state index contributed by atoms with van der Waals surface area (Å²) in [6, 6.07) is 5.31. The van der Waals surface area contributed by atoms with E-state index in [4.69, 9.17) is 5.11 Å². The van der Waals surface area contributed by atoms with Gasteiger partial charge in [-0.1, -0.05) is 18.2 Å². The quantitative estimate of drug-likeness (QED) is 0.308. The fourth-order valence-corrected chi connectivity index (χ4v) is 1.69. The molecule has 7 nitrogen and oxygen atoms in total. The minimum Gasteiger partial charge on any atom is -0.508 e. The highest BCUT2D eigenvalue weighted by atomic mass is 16.4. The summed E-state index contributed by atoms with van der Waals surface area (Å²) in [5, 5.41) is 49.4. The molecule has 0 spiro atoms. The number of phenols is 1. The maximum Gasteiger partial charge on any atom is 0.139 e. The topological polar surface area (TPSA) is 130 Å². The van der Waals surface area contributed by atoms with Crippen LogP contribution in [0.3, 0.4) is 0 Å². The first-order valence-electron chi connectivity index (χ1n) is 6.11. The summed E-state index contributed by atoms with van der Waals surface area (Å²) in [4.78, 5) is 10.9. The first-order valence-corrected chi connectivity index (χ1v) is 6.11. The standard InChI is InChI=1S/C13H19NO6/c15-6-9(12(19)13(20)11(18)7-16)14-5-8-3-1-2-4-10(8)17/h1-4,6,9,11-14,16-20H,5,7H2. The van der Waals surface area contributed by atoms with Crippen molar-refractivity contribution >= 4 is 6.29 Å². The zero-order chi connectivity index (χ0) is 15.1. The zero-order valence-electron chi connectivity index (χ0n) is 10.8. The maximum atomic E-state index is 10.9. The third-order valence-electron chi connectivity index (χ3n) is 2.97. The number of phenolic OH excluding ortho intramolecular Hbond substituents is 1. The summed E-state index contributed by atoms with van der Waals surface area (Å²) in [6.07, 6.45) is -4.40. The molecular formula is C13H19NO6. The van der Waals surface area contributed by atoms with Crippen LogP contribution in [-0.4, -0.2) is 62.8 Å². The predicted octanol–water partition coefficient (Wildman–Crippen LogP) is -1.88. The number of hydrogen-bond donors (Lipinski definition) is 6. The molecule has 0 radical (unpaired) electrons. The van der Waals surface area contributed by atoms with Gasteiger partial charge in [-0.15, -0.1) is 0 Å². The average Bonchev–Trinajstić information content (AvgIpc) is 2.47. The van der Waals surface area contributed by atoms with Gasteiger partial charge in [0.15, 0.2) is 0 Å². The van der Waals surface area contributed by atoms with Crippen molar-refractivity contribution in [1.82, 2.24) is 5.32 Å². The number of aromatic hydroxyl groups is 1. The monoisotopic (exact) mass is 285 g/mol.